The van der Waals surface area contributed by atoms with E-state index in [1.807, 2.05) is 26.0 Å². The van der Waals surface area contributed by atoms with E-state index < -0.39 is 0 Å². The fourth-order valence-electron chi connectivity index (χ4n) is 5.16. The minimum atomic E-state index is -0.335. The Morgan fingerprint density at radius 2 is 1.65 bits per heavy atom. The molecule has 1 aromatic carbocycles. The van der Waals surface area contributed by atoms with E-state index in [0.29, 0.717) is 5.75 Å². The first-order chi connectivity index (χ1) is 16.1. The van der Waals surface area contributed by atoms with Crippen LogP contribution >= 0.6 is 0 Å². The molecule has 192 valence electrons. The van der Waals surface area contributed by atoms with E-state index in [1.165, 1.54) is 57.4 Å². The molecule has 0 bridgehead atoms. The molecule has 3 nitrogen and oxygen atoms in total. The molecule has 34 heavy (non-hydrogen) atoms. The van der Waals surface area contributed by atoms with E-state index >= 15 is 0 Å². The Balaban J connectivity index is 1.74. The van der Waals surface area contributed by atoms with Gasteiger partial charge in [-0.05, 0) is 87.5 Å². The highest BCUT2D eigenvalue weighted by atomic mass is 16.5. The summed E-state index contributed by atoms with van der Waals surface area (Å²) >= 11 is 0. The second kappa shape index (κ2) is 14.0. The van der Waals surface area contributed by atoms with Gasteiger partial charge in [-0.15, -0.1) is 0 Å². The van der Waals surface area contributed by atoms with Crippen molar-refractivity contribution in [3.8, 4) is 11.5 Å². The van der Waals surface area contributed by atoms with Crippen molar-refractivity contribution in [2.75, 3.05) is 0 Å². The summed E-state index contributed by atoms with van der Waals surface area (Å²) in [4.78, 5) is 11.8. The number of carbonyl (C=O) groups is 1. The average molecular weight is 471 g/mol. The van der Waals surface area contributed by atoms with Gasteiger partial charge in [-0.25, -0.2) is 4.79 Å². The van der Waals surface area contributed by atoms with Gasteiger partial charge in [-0.1, -0.05) is 78.7 Å². The number of ether oxygens (including phenoxy) is 2. The lowest BCUT2D eigenvalue weighted by molar-refractivity contribution is -0.129. The van der Waals surface area contributed by atoms with E-state index in [4.69, 9.17) is 9.47 Å². The molecule has 2 rings (SSSR count). The predicted octanol–water partition coefficient (Wildman–Crippen LogP) is 9.00. The second-order valence-corrected chi connectivity index (χ2v) is 11.6. The van der Waals surface area contributed by atoms with Crippen molar-refractivity contribution in [1.82, 2.24) is 0 Å². The normalized spacial score (nSPS) is 19.6. The van der Waals surface area contributed by atoms with Crippen molar-refractivity contribution < 1.29 is 14.3 Å². The highest BCUT2D eigenvalue weighted by Gasteiger charge is 2.32. The van der Waals surface area contributed by atoms with E-state index in [2.05, 4.69) is 34.6 Å². The predicted molar refractivity (Wildman–Crippen MR) is 144 cm³/mol. The van der Waals surface area contributed by atoms with E-state index in [0.717, 1.165) is 53.9 Å². The fraction of sp³-hybridized carbons (Fsp3) is 0.710. The van der Waals surface area contributed by atoms with Crippen molar-refractivity contribution in [3.63, 3.8) is 0 Å². The Morgan fingerprint density at radius 3 is 2.26 bits per heavy atom. The minimum Gasteiger partial charge on any atom is -0.487 e. The summed E-state index contributed by atoms with van der Waals surface area (Å²) in [6, 6.07) is 3.88. The topological polar surface area (TPSA) is 35.5 Å². The molecule has 0 radical (unpaired) electrons. The first-order valence-corrected chi connectivity index (χ1v) is 13.8. The van der Waals surface area contributed by atoms with Crippen LogP contribution in [0.2, 0.25) is 0 Å². The Kier molecular flexibility index (Phi) is 11.7. The van der Waals surface area contributed by atoms with Gasteiger partial charge < -0.3 is 9.47 Å². The first-order valence-electron chi connectivity index (χ1n) is 13.8. The molecule has 0 aromatic heterocycles. The summed E-state index contributed by atoms with van der Waals surface area (Å²) in [6.07, 6.45) is 17.0. The lowest BCUT2D eigenvalue weighted by atomic mass is 9.85. The quantitative estimate of drug-likeness (QED) is 0.155. The van der Waals surface area contributed by atoms with Gasteiger partial charge in [0.2, 0.25) is 0 Å². The first kappa shape index (κ1) is 28.5. The van der Waals surface area contributed by atoms with Crippen LogP contribution in [0, 0.1) is 24.7 Å². The van der Waals surface area contributed by atoms with Crippen LogP contribution in [0.4, 0.5) is 0 Å². The summed E-state index contributed by atoms with van der Waals surface area (Å²) < 4.78 is 12.0. The Hall–Kier alpha value is -1.77. The second-order valence-electron chi connectivity index (χ2n) is 11.6. The molecule has 1 aliphatic heterocycles. The Labute approximate surface area is 209 Å². The van der Waals surface area contributed by atoms with Crippen LogP contribution in [-0.4, -0.2) is 11.6 Å². The number of fused-ring (bicyclic) bond motifs is 1. The molecule has 0 saturated heterocycles. The molecular formula is C31H50O3. The van der Waals surface area contributed by atoms with Gasteiger partial charge in [0, 0.05) is 6.08 Å². The molecule has 1 aromatic rings. The smallest absolute Gasteiger partial charge is 0.335 e. The number of hydrogen-bond donors (Lipinski definition) is 0. The molecule has 3 unspecified atom stereocenters. The third-order valence-corrected chi connectivity index (χ3v) is 7.39. The largest absolute Gasteiger partial charge is 0.487 e. The monoisotopic (exact) mass is 470 g/mol. The number of benzene rings is 1. The van der Waals surface area contributed by atoms with Gasteiger partial charge in [0.15, 0.2) is 0 Å². The van der Waals surface area contributed by atoms with Gasteiger partial charge >= 0.3 is 5.97 Å². The number of aryl methyl sites for hydroxylation is 2. The third-order valence-electron chi connectivity index (χ3n) is 7.39. The van der Waals surface area contributed by atoms with Gasteiger partial charge in [-0.2, -0.15) is 0 Å². The van der Waals surface area contributed by atoms with Gasteiger partial charge in [0.25, 0.3) is 0 Å². The van der Waals surface area contributed by atoms with Crippen LogP contribution in [-0.2, 0) is 11.2 Å². The molecular weight excluding hydrogens is 420 g/mol. The maximum Gasteiger partial charge on any atom is 0.335 e. The number of hydrogen-bond acceptors (Lipinski definition) is 3. The van der Waals surface area contributed by atoms with Gasteiger partial charge in [0.05, 0.1) is 0 Å². The molecule has 0 aliphatic carbocycles. The van der Waals surface area contributed by atoms with Crippen molar-refractivity contribution in [2.24, 2.45) is 17.8 Å². The summed E-state index contributed by atoms with van der Waals surface area (Å²) in [5.74, 6) is 3.76. The van der Waals surface area contributed by atoms with Crippen molar-refractivity contribution in [3.05, 3.63) is 35.4 Å². The maximum atomic E-state index is 11.8. The van der Waals surface area contributed by atoms with Crippen molar-refractivity contribution in [2.45, 2.75) is 125 Å². The standard InChI is InChI=1S/C31H50O3/c1-8-12-29(32)33-28-21-26(6)30-27(22-28)18-20-31(7,34-30)19-11-17-25(5)16-10-15-24(4)14-9-13-23(2)3/h8,12,21-25H,9-11,13-20H2,1-7H3/b12-8-. The zero-order chi connectivity index (χ0) is 25.1. The molecule has 3 atom stereocenters. The zero-order valence-electron chi connectivity index (χ0n) is 23.0. The Bertz CT molecular complexity index is 794. The third kappa shape index (κ3) is 9.84. The average Bonchev–Trinajstić information content (AvgIpc) is 2.74. The molecule has 0 fully saturated rings. The Morgan fingerprint density at radius 1 is 1.03 bits per heavy atom. The molecule has 1 aliphatic rings. The van der Waals surface area contributed by atoms with Gasteiger partial charge in [-0.3, -0.25) is 0 Å². The zero-order valence-corrected chi connectivity index (χ0v) is 23.0. The lowest BCUT2D eigenvalue weighted by Crippen LogP contribution is -2.36. The number of esters is 1. The van der Waals surface area contributed by atoms with E-state index in [9.17, 15) is 4.79 Å². The van der Waals surface area contributed by atoms with Crippen molar-refractivity contribution in [1.29, 1.82) is 0 Å². The van der Waals surface area contributed by atoms with Crippen LogP contribution < -0.4 is 9.47 Å². The summed E-state index contributed by atoms with van der Waals surface area (Å²) in [5.41, 5.74) is 2.09. The lowest BCUT2D eigenvalue weighted by Gasteiger charge is -2.37. The summed E-state index contributed by atoms with van der Waals surface area (Å²) in [6.45, 7) is 15.6. The highest BCUT2D eigenvalue weighted by molar-refractivity contribution is 5.84. The number of carbonyl (C=O) groups excluding carboxylic acids is 1. The molecule has 1 heterocycles. The van der Waals surface area contributed by atoms with Crippen molar-refractivity contribution >= 4 is 5.97 Å². The van der Waals surface area contributed by atoms with Crippen LogP contribution in [0.25, 0.3) is 0 Å². The molecule has 0 spiro atoms. The molecule has 3 heteroatoms. The SMILES string of the molecule is C/C=C\C(=O)Oc1cc(C)c2c(c1)CCC(C)(CCCC(C)CCCC(C)CCCC(C)C)O2. The van der Waals surface area contributed by atoms with Crippen LogP contribution in [0.5, 0.6) is 11.5 Å². The fourth-order valence-corrected chi connectivity index (χ4v) is 5.16. The van der Waals surface area contributed by atoms with Crippen LogP contribution in [0.15, 0.2) is 24.3 Å². The van der Waals surface area contributed by atoms with E-state index in [1.54, 1.807) is 6.08 Å². The molecule has 0 N–H and O–H groups in total. The highest BCUT2D eigenvalue weighted by Crippen LogP contribution is 2.40. The molecule has 0 amide bonds. The van der Waals surface area contributed by atoms with Gasteiger partial charge in [0.1, 0.15) is 17.1 Å². The minimum absolute atomic E-state index is 0.106. The van der Waals surface area contributed by atoms with Crippen LogP contribution in [0.3, 0.4) is 0 Å². The summed E-state index contributed by atoms with van der Waals surface area (Å²) in [7, 11) is 0. The van der Waals surface area contributed by atoms with Crippen LogP contribution in [0.1, 0.15) is 117 Å². The summed E-state index contributed by atoms with van der Waals surface area (Å²) in [5, 5.41) is 0. The number of allylic oxidation sites excluding steroid dienone is 1. The molecule has 0 saturated carbocycles. The maximum absolute atomic E-state index is 11.8. The number of rotatable bonds is 14. The van der Waals surface area contributed by atoms with E-state index in [-0.39, 0.29) is 11.6 Å².